The fourth-order valence-corrected chi connectivity index (χ4v) is 8.32. The van der Waals surface area contributed by atoms with Crippen molar-refractivity contribution in [3.8, 4) is 11.5 Å². The number of piperidine rings is 2. The Morgan fingerprint density at radius 2 is 1.78 bits per heavy atom. The molecule has 2 saturated heterocycles. The van der Waals surface area contributed by atoms with E-state index in [2.05, 4.69) is 36.2 Å². The number of hydrogen-bond donors (Lipinski definition) is 5. The molecular formula is C44H46ClN9O6. The van der Waals surface area contributed by atoms with Crippen molar-refractivity contribution >= 4 is 63.6 Å². The molecule has 0 radical (unpaired) electrons. The van der Waals surface area contributed by atoms with E-state index < -0.39 is 11.9 Å². The van der Waals surface area contributed by atoms with Crippen LogP contribution in [0.2, 0.25) is 5.02 Å². The van der Waals surface area contributed by atoms with E-state index >= 15 is 0 Å². The van der Waals surface area contributed by atoms with Crippen LogP contribution < -0.4 is 26.0 Å². The molecule has 2 fully saturated rings. The van der Waals surface area contributed by atoms with E-state index in [0.29, 0.717) is 84.1 Å². The molecule has 5 heterocycles. The zero-order valence-corrected chi connectivity index (χ0v) is 33.7. The van der Waals surface area contributed by atoms with E-state index in [0.717, 1.165) is 50.0 Å². The van der Waals surface area contributed by atoms with Gasteiger partial charge in [-0.25, -0.2) is 9.97 Å². The van der Waals surface area contributed by atoms with E-state index in [1.54, 1.807) is 35.4 Å². The Balaban J connectivity index is 0.768. The third kappa shape index (κ3) is 9.11. The van der Waals surface area contributed by atoms with Crippen LogP contribution in [0.1, 0.15) is 76.8 Å². The van der Waals surface area contributed by atoms with Crippen LogP contribution in [0.4, 0.5) is 11.5 Å². The number of amides is 4. The lowest BCUT2D eigenvalue weighted by Gasteiger charge is -2.33. The maximum atomic E-state index is 13.8. The Kier molecular flexibility index (Phi) is 12.3. The molecule has 2 atom stereocenters. The molecule has 3 aromatic carbocycles. The van der Waals surface area contributed by atoms with E-state index in [1.807, 2.05) is 47.4 Å². The van der Waals surface area contributed by atoms with Gasteiger partial charge in [-0.1, -0.05) is 29.8 Å². The van der Waals surface area contributed by atoms with Crippen molar-refractivity contribution in [2.45, 2.75) is 63.6 Å². The highest BCUT2D eigenvalue weighted by Gasteiger charge is 2.39. The summed E-state index contributed by atoms with van der Waals surface area (Å²) >= 11 is 6.61. The van der Waals surface area contributed by atoms with Crippen molar-refractivity contribution < 1.29 is 28.7 Å². The van der Waals surface area contributed by atoms with E-state index in [1.165, 1.54) is 6.33 Å². The second-order valence-electron chi connectivity index (χ2n) is 15.3. The van der Waals surface area contributed by atoms with Crippen molar-refractivity contribution in [2.75, 3.05) is 43.4 Å². The standard InChI is InChI=1S/C44H46ClN9O6/c45-35-22-31(60-30-8-2-1-3-9-30)12-14-33(35)40(57)34-23-48-41-39(34)42(50-26-49-41)51-29-7-6-20-53(25-29)38(56)10-4-5-17-46-18-19-47-28-11-13-32-27(21-28)24-54(44(32)59)36-15-16-37(55)52-43(36)58/h1-3,8-9,11-14,21-23,26,29,36,46-47H,4-7,10,15-20,24-25H2,(H,52,55,58)(H2,48,49,50,51)/t29-,36+/m1/s1. The number of nitrogens with one attached hydrogen (secondary N) is 5. The number of carbonyl (C=O) groups is 5. The third-order valence-corrected chi connectivity index (χ3v) is 11.5. The Bertz CT molecular complexity index is 2420. The highest BCUT2D eigenvalue weighted by Crippen LogP contribution is 2.33. The topological polar surface area (TPSA) is 191 Å². The summed E-state index contributed by atoms with van der Waals surface area (Å²) in [5, 5.41) is 13.5. The molecule has 16 heteroatoms. The molecule has 60 heavy (non-hydrogen) atoms. The van der Waals surface area contributed by atoms with Crippen molar-refractivity contribution in [3.05, 3.63) is 107 Å². The Morgan fingerprint density at radius 3 is 2.62 bits per heavy atom. The number of rotatable bonds is 16. The quantitative estimate of drug-likeness (QED) is 0.0468. The Morgan fingerprint density at radius 1 is 0.917 bits per heavy atom. The number of nitrogens with zero attached hydrogens (tertiary/aromatic N) is 4. The van der Waals surface area contributed by atoms with Gasteiger partial charge in [0.05, 0.1) is 16.0 Å². The van der Waals surface area contributed by atoms with Gasteiger partial charge in [0, 0.05) is 80.7 Å². The van der Waals surface area contributed by atoms with Gasteiger partial charge in [-0.05, 0) is 86.7 Å². The number of fused-ring (bicyclic) bond motifs is 2. The molecule has 310 valence electrons. The summed E-state index contributed by atoms with van der Waals surface area (Å²) < 4.78 is 5.89. The number of halogens is 1. The molecular weight excluding hydrogens is 786 g/mol. The first kappa shape index (κ1) is 40.5. The lowest BCUT2D eigenvalue weighted by molar-refractivity contribution is -0.137. The first-order chi connectivity index (χ1) is 29.2. The van der Waals surface area contributed by atoms with Gasteiger partial charge < -0.3 is 35.5 Å². The number of unbranched alkanes of at least 4 members (excludes halogenated alkanes) is 1. The SMILES string of the molecule is O=C1CC[C@H](N2Cc3cc(NCCNCCCCC(=O)N4CCC[C@@H](Nc5ncnc6[nH]cc(C(=O)c7ccc(Oc8ccccc8)cc7Cl)c56)C4)ccc3C2=O)C(=O)N1. The van der Waals surface area contributed by atoms with Gasteiger partial charge in [0.25, 0.3) is 5.91 Å². The zero-order chi connectivity index (χ0) is 41.6. The van der Waals surface area contributed by atoms with Gasteiger partial charge in [0.2, 0.25) is 17.7 Å². The fourth-order valence-electron chi connectivity index (χ4n) is 8.07. The number of aromatic nitrogens is 3. The van der Waals surface area contributed by atoms with Gasteiger partial charge in [0.15, 0.2) is 5.78 Å². The predicted octanol–water partition coefficient (Wildman–Crippen LogP) is 5.67. The number of carbonyl (C=O) groups excluding carboxylic acids is 5. The van der Waals surface area contributed by atoms with Crippen molar-refractivity contribution in [1.29, 1.82) is 0 Å². The number of aromatic amines is 1. The summed E-state index contributed by atoms with van der Waals surface area (Å²) in [6.45, 7) is 3.73. The van der Waals surface area contributed by atoms with Crippen LogP contribution in [-0.4, -0.2) is 99.0 Å². The lowest BCUT2D eigenvalue weighted by atomic mass is 10.0. The van der Waals surface area contributed by atoms with Gasteiger partial charge in [0.1, 0.15) is 35.3 Å². The summed E-state index contributed by atoms with van der Waals surface area (Å²) in [6, 6.07) is 19.2. The number of ketones is 1. The Labute approximate surface area is 351 Å². The fraction of sp³-hybridized carbons (Fsp3) is 0.341. The maximum Gasteiger partial charge on any atom is 0.255 e. The van der Waals surface area contributed by atoms with Crippen molar-refractivity contribution in [3.63, 3.8) is 0 Å². The smallest absolute Gasteiger partial charge is 0.255 e. The molecule has 5 aromatic rings. The van der Waals surface area contributed by atoms with Crippen LogP contribution in [0.25, 0.3) is 11.0 Å². The van der Waals surface area contributed by atoms with Gasteiger partial charge in [-0.3, -0.25) is 29.3 Å². The number of likely N-dealkylation sites (tertiary alicyclic amines) is 1. The average molecular weight is 832 g/mol. The average Bonchev–Trinajstić information content (AvgIpc) is 3.83. The van der Waals surface area contributed by atoms with Crippen LogP contribution in [-0.2, 0) is 20.9 Å². The van der Waals surface area contributed by atoms with Gasteiger partial charge >= 0.3 is 0 Å². The molecule has 0 spiro atoms. The van der Waals surface area contributed by atoms with Crippen LogP contribution in [0, 0.1) is 0 Å². The number of imide groups is 1. The number of anilines is 2. The number of para-hydroxylation sites is 1. The molecule has 0 aliphatic carbocycles. The molecule has 3 aliphatic heterocycles. The first-order valence-electron chi connectivity index (χ1n) is 20.4. The molecule has 0 unspecified atom stereocenters. The molecule has 5 N–H and O–H groups in total. The Hall–Kier alpha value is -6.32. The van der Waals surface area contributed by atoms with E-state index in [4.69, 9.17) is 16.3 Å². The molecule has 2 aromatic heterocycles. The summed E-state index contributed by atoms with van der Waals surface area (Å²) in [7, 11) is 0. The van der Waals surface area contributed by atoms with Crippen LogP contribution >= 0.6 is 11.6 Å². The summed E-state index contributed by atoms with van der Waals surface area (Å²) in [6.07, 6.45) is 7.40. The maximum absolute atomic E-state index is 13.8. The minimum absolute atomic E-state index is 0.0544. The second kappa shape index (κ2) is 18.3. The number of H-pyrrole nitrogens is 1. The summed E-state index contributed by atoms with van der Waals surface area (Å²) in [5.74, 6) is 0.632. The van der Waals surface area contributed by atoms with Crippen molar-refractivity contribution in [1.82, 2.24) is 35.4 Å². The molecule has 0 saturated carbocycles. The monoisotopic (exact) mass is 831 g/mol. The van der Waals surface area contributed by atoms with Gasteiger partial charge in [-0.15, -0.1) is 0 Å². The van der Waals surface area contributed by atoms with Crippen LogP contribution in [0.5, 0.6) is 11.5 Å². The second-order valence-corrected chi connectivity index (χ2v) is 15.7. The minimum atomic E-state index is -0.633. The number of hydrogen-bond acceptors (Lipinski definition) is 11. The van der Waals surface area contributed by atoms with E-state index in [9.17, 15) is 24.0 Å². The van der Waals surface area contributed by atoms with Crippen LogP contribution in [0.15, 0.2) is 79.3 Å². The first-order valence-corrected chi connectivity index (χ1v) is 20.8. The highest BCUT2D eigenvalue weighted by atomic mass is 35.5. The number of benzene rings is 3. The third-order valence-electron chi connectivity index (χ3n) is 11.1. The summed E-state index contributed by atoms with van der Waals surface area (Å²) in [4.78, 5) is 79.4. The van der Waals surface area contributed by atoms with Gasteiger partial charge in [-0.2, -0.15) is 0 Å². The minimum Gasteiger partial charge on any atom is -0.457 e. The summed E-state index contributed by atoms with van der Waals surface area (Å²) in [5.41, 5.74) is 3.56. The largest absolute Gasteiger partial charge is 0.457 e. The van der Waals surface area contributed by atoms with E-state index in [-0.39, 0.29) is 41.0 Å². The number of ether oxygens (including phenoxy) is 1. The predicted molar refractivity (Wildman–Crippen MR) is 226 cm³/mol. The molecule has 15 nitrogen and oxygen atoms in total. The molecule has 4 amide bonds. The zero-order valence-electron chi connectivity index (χ0n) is 33.0. The lowest BCUT2D eigenvalue weighted by Crippen LogP contribution is -2.52. The van der Waals surface area contributed by atoms with Crippen LogP contribution in [0.3, 0.4) is 0 Å². The normalized spacial score (nSPS) is 17.7. The molecule has 3 aliphatic rings. The molecule has 0 bridgehead atoms. The highest BCUT2D eigenvalue weighted by molar-refractivity contribution is 6.35. The van der Waals surface area contributed by atoms with Crippen molar-refractivity contribution in [2.24, 2.45) is 0 Å². The molecule has 8 rings (SSSR count).